The molecule has 0 N–H and O–H groups in total. The van der Waals surface area contributed by atoms with E-state index in [9.17, 15) is 13.2 Å². The monoisotopic (exact) mass is 315 g/mol. The first-order valence-electron chi connectivity index (χ1n) is 4.88. The summed E-state index contributed by atoms with van der Waals surface area (Å²) in [7, 11) is -3.59. The van der Waals surface area contributed by atoms with Crippen LogP contribution in [0.2, 0.25) is 0 Å². The molecule has 1 aliphatic heterocycles. The zero-order valence-electron chi connectivity index (χ0n) is 8.89. The van der Waals surface area contributed by atoms with Crippen molar-refractivity contribution >= 4 is 31.9 Å². The highest BCUT2D eigenvalue weighted by Crippen LogP contribution is 2.25. The van der Waals surface area contributed by atoms with Crippen molar-refractivity contribution in [3.63, 3.8) is 0 Å². The van der Waals surface area contributed by atoms with Crippen molar-refractivity contribution in [3.05, 3.63) is 46.5 Å². The van der Waals surface area contributed by atoms with Gasteiger partial charge in [0.15, 0.2) is 0 Å². The third-order valence-electron chi connectivity index (χ3n) is 2.46. The lowest BCUT2D eigenvalue weighted by molar-refractivity contribution is 0.0865. The fraction of sp³-hybridized carbons (Fsp3) is 0.182. The van der Waals surface area contributed by atoms with E-state index in [-0.39, 0.29) is 12.3 Å². The van der Waals surface area contributed by atoms with Crippen molar-refractivity contribution in [2.24, 2.45) is 0 Å². The molecular weight excluding hydrogens is 306 g/mol. The zero-order chi connectivity index (χ0) is 12.6. The number of fused-ring (bicyclic) bond motifs is 1. The SMILES string of the molecule is C=C(Br)CN1C(=O)c2ccccc2CS1(=O)=O. The second-order valence-corrected chi connectivity index (χ2v) is 6.76. The number of carbonyl (C=O) groups excluding carboxylic acids is 1. The number of benzene rings is 1. The highest BCUT2D eigenvalue weighted by atomic mass is 79.9. The predicted octanol–water partition coefficient (Wildman–Crippen LogP) is 1.88. The van der Waals surface area contributed by atoms with Gasteiger partial charge in [0.2, 0.25) is 10.0 Å². The van der Waals surface area contributed by atoms with Crippen LogP contribution < -0.4 is 0 Å². The molecule has 6 heteroatoms. The van der Waals surface area contributed by atoms with Gasteiger partial charge >= 0.3 is 0 Å². The minimum Gasteiger partial charge on any atom is -0.268 e. The molecule has 0 radical (unpaired) electrons. The Labute approximate surface area is 108 Å². The van der Waals surface area contributed by atoms with Gasteiger partial charge in [0.05, 0.1) is 12.3 Å². The number of hydrogen-bond donors (Lipinski definition) is 0. The van der Waals surface area contributed by atoms with Crippen molar-refractivity contribution in [2.75, 3.05) is 6.54 Å². The van der Waals surface area contributed by atoms with E-state index in [0.717, 1.165) is 4.31 Å². The number of halogens is 1. The summed E-state index contributed by atoms with van der Waals surface area (Å²) >= 11 is 3.08. The van der Waals surface area contributed by atoms with Gasteiger partial charge in [-0.15, -0.1) is 0 Å². The van der Waals surface area contributed by atoms with Gasteiger partial charge in [-0.25, -0.2) is 12.7 Å². The Balaban J connectivity index is 2.51. The largest absolute Gasteiger partial charge is 0.268 e. The quantitative estimate of drug-likeness (QED) is 0.837. The van der Waals surface area contributed by atoms with Gasteiger partial charge in [-0.2, -0.15) is 0 Å². The van der Waals surface area contributed by atoms with Gasteiger partial charge in [0.1, 0.15) is 0 Å². The zero-order valence-corrected chi connectivity index (χ0v) is 11.3. The molecule has 0 saturated heterocycles. The highest BCUT2D eigenvalue weighted by molar-refractivity contribution is 9.11. The molecule has 0 atom stereocenters. The molecule has 1 amide bonds. The average Bonchev–Trinajstić information content (AvgIpc) is 2.23. The maximum Gasteiger partial charge on any atom is 0.267 e. The number of rotatable bonds is 2. The van der Waals surface area contributed by atoms with Crippen LogP contribution >= 0.6 is 15.9 Å². The van der Waals surface area contributed by atoms with Crippen molar-refractivity contribution in [1.82, 2.24) is 4.31 Å². The molecule has 2 rings (SSSR count). The van der Waals surface area contributed by atoms with Gasteiger partial charge in [-0.1, -0.05) is 40.7 Å². The van der Waals surface area contributed by atoms with E-state index in [1.807, 2.05) is 0 Å². The Hall–Kier alpha value is -1.14. The summed E-state index contributed by atoms with van der Waals surface area (Å²) in [5.74, 6) is -0.637. The minimum atomic E-state index is -3.59. The summed E-state index contributed by atoms with van der Waals surface area (Å²) in [6, 6.07) is 6.73. The number of hydrogen-bond acceptors (Lipinski definition) is 3. The molecule has 0 bridgehead atoms. The molecule has 1 aromatic rings. The Morgan fingerprint density at radius 1 is 1.41 bits per heavy atom. The van der Waals surface area contributed by atoms with E-state index in [1.165, 1.54) is 0 Å². The Bertz CT molecular complexity index is 594. The number of nitrogens with zero attached hydrogens (tertiary/aromatic N) is 1. The lowest BCUT2D eigenvalue weighted by atomic mass is 10.1. The average molecular weight is 316 g/mol. The Kier molecular flexibility index (Phi) is 3.09. The predicted molar refractivity (Wildman–Crippen MR) is 68.2 cm³/mol. The van der Waals surface area contributed by atoms with Gasteiger partial charge < -0.3 is 0 Å². The summed E-state index contributed by atoms with van der Waals surface area (Å²) in [5.41, 5.74) is 0.991. The first-order chi connectivity index (χ1) is 7.92. The molecule has 0 unspecified atom stereocenters. The topological polar surface area (TPSA) is 54.5 Å². The molecule has 1 aromatic carbocycles. The number of amides is 1. The summed E-state index contributed by atoms with van der Waals surface area (Å²) in [6.07, 6.45) is 0. The van der Waals surface area contributed by atoms with Crippen LogP contribution in [0.3, 0.4) is 0 Å². The second kappa shape index (κ2) is 4.27. The molecule has 0 saturated carbocycles. The van der Waals surface area contributed by atoms with Crippen LogP contribution in [0.15, 0.2) is 35.3 Å². The Morgan fingerprint density at radius 3 is 2.71 bits per heavy atom. The number of carbonyl (C=O) groups is 1. The molecule has 0 spiro atoms. The smallest absolute Gasteiger partial charge is 0.267 e. The standard InChI is InChI=1S/C11H10BrNO3S/c1-8(12)6-13-11(14)10-5-3-2-4-9(10)7-17(13,15)16/h2-5H,1,6-7H2. The molecule has 90 valence electrons. The fourth-order valence-corrected chi connectivity index (χ4v) is 3.64. The van der Waals surface area contributed by atoms with Crippen LogP contribution in [0.5, 0.6) is 0 Å². The summed E-state index contributed by atoms with van der Waals surface area (Å²) in [6.45, 7) is 3.53. The van der Waals surface area contributed by atoms with Crippen LogP contribution in [0, 0.1) is 0 Å². The molecular formula is C11H10BrNO3S. The van der Waals surface area contributed by atoms with Gasteiger partial charge in [0, 0.05) is 10.0 Å². The van der Waals surface area contributed by atoms with E-state index in [0.29, 0.717) is 15.6 Å². The normalized spacial score (nSPS) is 17.7. The van der Waals surface area contributed by atoms with E-state index in [2.05, 4.69) is 22.5 Å². The van der Waals surface area contributed by atoms with Gasteiger partial charge in [-0.05, 0) is 11.6 Å². The van der Waals surface area contributed by atoms with E-state index in [1.54, 1.807) is 24.3 Å². The van der Waals surface area contributed by atoms with Gasteiger partial charge in [0.25, 0.3) is 5.91 Å². The summed E-state index contributed by atoms with van der Waals surface area (Å²) < 4.78 is 25.2. The third kappa shape index (κ3) is 2.28. The molecule has 1 aliphatic rings. The van der Waals surface area contributed by atoms with Crippen molar-refractivity contribution < 1.29 is 13.2 Å². The first-order valence-corrected chi connectivity index (χ1v) is 7.28. The molecule has 0 aromatic heterocycles. The maximum atomic E-state index is 12.1. The minimum absolute atomic E-state index is 0.0322. The van der Waals surface area contributed by atoms with Crippen molar-refractivity contribution in [1.29, 1.82) is 0 Å². The van der Waals surface area contributed by atoms with Crippen molar-refractivity contribution in [2.45, 2.75) is 5.75 Å². The second-order valence-electron chi connectivity index (χ2n) is 3.74. The summed E-state index contributed by atoms with van der Waals surface area (Å²) in [4.78, 5) is 12.1. The third-order valence-corrected chi connectivity index (χ3v) is 4.36. The molecule has 0 fully saturated rings. The molecule has 0 aliphatic carbocycles. The molecule has 4 nitrogen and oxygen atoms in total. The van der Waals surface area contributed by atoms with Crippen LogP contribution in [-0.4, -0.2) is 25.2 Å². The summed E-state index contributed by atoms with van der Waals surface area (Å²) in [5, 5.41) is 0. The molecule has 17 heavy (non-hydrogen) atoms. The maximum absolute atomic E-state index is 12.1. The lowest BCUT2D eigenvalue weighted by Crippen LogP contribution is -2.42. The van der Waals surface area contributed by atoms with Crippen LogP contribution in [-0.2, 0) is 15.8 Å². The van der Waals surface area contributed by atoms with Gasteiger partial charge in [-0.3, -0.25) is 4.79 Å². The Morgan fingerprint density at radius 2 is 2.06 bits per heavy atom. The van der Waals surface area contributed by atoms with Crippen LogP contribution in [0.25, 0.3) is 0 Å². The van der Waals surface area contributed by atoms with Crippen LogP contribution in [0.1, 0.15) is 15.9 Å². The van der Waals surface area contributed by atoms with Crippen LogP contribution in [0.4, 0.5) is 0 Å². The van der Waals surface area contributed by atoms with E-state index in [4.69, 9.17) is 0 Å². The van der Waals surface area contributed by atoms with E-state index >= 15 is 0 Å². The highest BCUT2D eigenvalue weighted by Gasteiger charge is 2.35. The first kappa shape index (κ1) is 12.3. The fourth-order valence-electron chi connectivity index (χ4n) is 1.72. The molecule has 1 heterocycles. The lowest BCUT2D eigenvalue weighted by Gasteiger charge is -2.27. The van der Waals surface area contributed by atoms with Crippen molar-refractivity contribution in [3.8, 4) is 0 Å². The number of sulfonamides is 1. The van der Waals surface area contributed by atoms with E-state index < -0.39 is 15.9 Å².